The molecule has 9 heteroatoms. The number of carboxylic acids is 2. The van der Waals surface area contributed by atoms with Gasteiger partial charge in [-0.2, -0.15) is 0 Å². The molecule has 0 unspecified atom stereocenters. The summed E-state index contributed by atoms with van der Waals surface area (Å²) in [4.78, 5) is 24.8. The summed E-state index contributed by atoms with van der Waals surface area (Å²) in [6.07, 6.45) is 3.97. The van der Waals surface area contributed by atoms with E-state index < -0.39 is 24.0 Å². The van der Waals surface area contributed by atoms with Crippen LogP contribution in [0, 0.1) is 0 Å². The summed E-state index contributed by atoms with van der Waals surface area (Å²) in [5.41, 5.74) is 12.3. The number of methoxy groups -OCH3 is 1. The lowest BCUT2D eigenvalue weighted by molar-refractivity contribution is -0.139. The fourth-order valence-electron chi connectivity index (χ4n) is 1.99. The topological polar surface area (TPSA) is 154 Å². The maximum Gasteiger partial charge on any atom is 0.320 e. The Hall–Kier alpha value is -2.91. The van der Waals surface area contributed by atoms with Crippen molar-refractivity contribution in [1.29, 1.82) is 0 Å². The molecule has 0 aliphatic heterocycles. The van der Waals surface area contributed by atoms with Crippen LogP contribution in [0.15, 0.2) is 36.8 Å². The first-order valence-corrected chi connectivity index (χ1v) is 7.79. The number of nitrogens with zero attached hydrogens (tertiary/aromatic N) is 2. The van der Waals surface area contributed by atoms with Gasteiger partial charge >= 0.3 is 11.9 Å². The zero-order chi connectivity index (χ0) is 19.7. The van der Waals surface area contributed by atoms with Crippen LogP contribution in [0.4, 0.5) is 0 Å². The van der Waals surface area contributed by atoms with E-state index in [1.165, 1.54) is 0 Å². The molecule has 0 bridgehead atoms. The molecule has 2 rings (SSSR count). The van der Waals surface area contributed by atoms with Crippen LogP contribution in [0.25, 0.3) is 0 Å². The molecule has 0 saturated carbocycles. The molecular formula is C17H24N4O5. The van der Waals surface area contributed by atoms with Gasteiger partial charge in [-0.25, -0.2) is 4.98 Å². The van der Waals surface area contributed by atoms with Crippen LogP contribution in [0.2, 0.25) is 0 Å². The Morgan fingerprint density at radius 1 is 1.12 bits per heavy atom. The molecule has 2 atom stereocenters. The molecule has 1 heterocycles. The van der Waals surface area contributed by atoms with Crippen LogP contribution in [-0.2, 0) is 29.5 Å². The molecule has 1 aromatic carbocycles. The van der Waals surface area contributed by atoms with Crippen molar-refractivity contribution in [2.75, 3.05) is 7.11 Å². The lowest BCUT2D eigenvalue weighted by Crippen LogP contribution is -2.32. The summed E-state index contributed by atoms with van der Waals surface area (Å²) < 4.78 is 6.73. The van der Waals surface area contributed by atoms with E-state index in [9.17, 15) is 9.59 Å². The summed E-state index contributed by atoms with van der Waals surface area (Å²) >= 11 is 0. The molecule has 1 aromatic heterocycles. The highest BCUT2D eigenvalue weighted by Crippen LogP contribution is 2.12. The van der Waals surface area contributed by atoms with Gasteiger partial charge in [0.2, 0.25) is 0 Å². The predicted octanol–water partition coefficient (Wildman–Crippen LogP) is 0.0241. The van der Waals surface area contributed by atoms with Crippen LogP contribution in [0.3, 0.4) is 0 Å². The van der Waals surface area contributed by atoms with Gasteiger partial charge in [0.1, 0.15) is 17.8 Å². The number of carboxylic acid groups (broad SMARTS) is 2. The Bertz CT molecular complexity index is 714. The zero-order valence-corrected chi connectivity index (χ0v) is 14.7. The third-order valence-electron chi connectivity index (χ3n) is 3.44. The van der Waals surface area contributed by atoms with Gasteiger partial charge in [-0.1, -0.05) is 12.1 Å². The van der Waals surface area contributed by atoms with Crippen molar-refractivity contribution < 1.29 is 24.5 Å². The maximum absolute atomic E-state index is 10.5. The number of benzene rings is 1. The standard InChI is InChI=1S/C10H13NO3.C7H11N3O2/c1-14-8-4-2-7(3-5-8)6-9(11)10(12)13;1-10-3-5(9-4-10)2-6(8)7(11)12/h2-5,9H,6,11H2,1H3,(H,12,13);3-4,6H,2,8H2,1H3,(H,11,12)/t9-;6-/m00/s1. The van der Waals surface area contributed by atoms with Crippen LogP contribution in [0.5, 0.6) is 5.75 Å². The SMILES string of the molecule is COc1ccc(C[C@H](N)C(=O)O)cc1.Cn1cnc(C[C@H](N)C(=O)O)c1. The minimum Gasteiger partial charge on any atom is -0.497 e. The number of imidazole rings is 1. The second-order valence-corrected chi connectivity index (χ2v) is 5.68. The number of aliphatic carboxylic acids is 2. The van der Waals surface area contributed by atoms with E-state index in [4.69, 9.17) is 26.4 Å². The number of hydrogen-bond donors (Lipinski definition) is 4. The van der Waals surface area contributed by atoms with Gasteiger partial charge in [-0.05, 0) is 24.1 Å². The normalized spacial score (nSPS) is 12.5. The average molecular weight is 364 g/mol. The first-order valence-electron chi connectivity index (χ1n) is 7.79. The number of aromatic nitrogens is 2. The molecular weight excluding hydrogens is 340 g/mol. The second-order valence-electron chi connectivity index (χ2n) is 5.68. The van der Waals surface area contributed by atoms with Crippen LogP contribution in [-0.4, -0.2) is 50.9 Å². The lowest BCUT2D eigenvalue weighted by Gasteiger charge is -2.06. The summed E-state index contributed by atoms with van der Waals surface area (Å²) in [7, 11) is 3.40. The minimum atomic E-state index is -0.999. The second kappa shape index (κ2) is 10.2. The highest BCUT2D eigenvalue weighted by molar-refractivity contribution is 5.73. The number of rotatable bonds is 7. The smallest absolute Gasteiger partial charge is 0.320 e. The van der Waals surface area contributed by atoms with E-state index in [1.807, 2.05) is 19.2 Å². The molecule has 2 aromatic rings. The quantitative estimate of drug-likeness (QED) is 0.536. The Labute approximate surface area is 151 Å². The van der Waals surface area contributed by atoms with E-state index in [0.717, 1.165) is 11.3 Å². The number of nitrogens with two attached hydrogens (primary N) is 2. The number of aryl methyl sites for hydroxylation is 1. The monoisotopic (exact) mass is 364 g/mol. The van der Waals surface area contributed by atoms with Crippen LogP contribution in [0.1, 0.15) is 11.3 Å². The zero-order valence-electron chi connectivity index (χ0n) is 14.7. The molecule has 0 amide bonds. The van der Waals surface area contributed by atoms with Crippen LogP contribution < -0.4 is 16.2 Å². The molecule has 0 fully saturated rings. The van der Waals surface area contributed by atoms with E-state index in [0.29, 0.717) is 12.1 Å². The van der Waals surface area contributed by atoms with Crippen molar-refractivity contribution in [3.05, 3.63) is 48.0 Å². The van der Waals surface area contributed by atoms with E-state index in [1.54, 1.807) is 36.3 Å². The fourth-order valence-corrected chi connectivity index (χ4v) is 1.99. The highest BCUT2D eigenvalue weighted by atomic mass is 16.5. The van der Waals surface area contributed by atoms with Gasteiger partial charge < -0.3 is 31.0 Å². The van der Waals surface area contributed by atoms with Crippen molar-refractivity contribution in [2.24, 2.45) is 18.5 Å². The maximum atomic E-state index is 10.5. The third-order valence-corrected chi connectivity index (χ3v) is 3.44. The van der Waals surface area contributed by atoms with Crippen molar-refractivity contribution in [2.45, 2.75) is 24.9 Å². The van der Waals surface area contributed by atoms with Gasteiger partial charge in [0.05, 0.1) is 19.1 Å². The van der Waals surface area contributed by atoms with E-state index >= 15 is 0 Å². The summed E-state index contributed by atoms with van der Waals surface area (Å²) in [5, 5.41) is 17.1. The van der Waals surface area contributed by atoms with Gasteiger partial charge in [0.15, 0.2) is 0 Å². The highest BCUT2D eigenvalue weighted by Gasteiger charge is 2.13. The van der Waals surface area contributed by atoms with Gasteiger partial charge in [0.25, 0.3) is 0 Å². The van der Waals surface area contributed by atoms with Crippen molar-refractivity contribution >= 4 is 11.9 Å². The van der Waals surface area contributed by atoms with E-state index in [2.05, 4.69) is 4.98 Å². The van der Waals surface area contributed by atoms with Gasteiger partial charge in [-0.3, -0.25) is 9.59 Å². The summed E-state index contributed by atoms with van der Waals surface area (Å²) in [6, 6.07) is 5.47. The van der Waals surface area contributed by atoms with Crippen molar-refractivity contribution in [3.8, 4) is 5.75 Å². The molecule has 0 aliphatic rings. The van der Waals surface area contributed by atoms with Gasteiger partial charge in [0, 0.05) is 19.7 Å². The Morgan fingerprint density at radius 3 is 2.08 bits per heavy atom. The van der Waals surface area contributed by atoms with Gasteiger partial charge in [-0.15, -0.1) is 0 Å². The fraction of sp³-hybridized carbons (Fsp3) is 0.353. The first kappa shape index (κ1) is 21.1. The largest absolute Gasteiger partial charge is 0.497 e. The Kier molecular flexibility index (Phi) is 8.26. The summed E-state index contributed by atoms with van der Waals surface area (Å²) in [6.45, 7) is 0. The average Bonchev–Trinajstić information content (AvgIpc) is 3.00. The molecule has 0 aliphatic carbocycles. The molecule has 0 saturated heterocycles. The van der Waals surface area contributed by atoms with Crippen molar-refractivity contribution in [1.82, 2.24) is 9.55 Å². The van der Waals surface area contributed by atoms with Crippen molar-refractivity contribution in [3.63, 3.8) is 0 Å². The van der Waals surface area contributed by atoms with Crippen LogP contribution >= 0.6 is 0 Å². The Morgan fingerprint density at radius 2 is 1.65 bits per heavy atom. The molecule has 142 valence electrons. The third kappa shape index (κ3) is 7.32. The first-order chi connectivity index (χ1) is 12.2. The molecule has 0 radical (unpaired) electrons. The molecule has 6 N–H and O–H groups in total. The molecule has 0 spiro atoms. The molecule has 9 nitrogen and oxygen atoms in total. The number of hydrogen-bond acceptors (Lipinski definition) is 6. The predicted molar refractivity (Wildman–Crippen MR) is 94.8 cm³/mol. The van der Waals surface area contributed by atoms with E-state index in [-0.39, 0.29) is 6.42 Å². The molecule has 26 heavy (non-hydrogen) atoms. The lowest BCUT2D eigenvalue weighted by atomic mass is 10.1. The number of ether oxygens (including phenoxy) is 1. The Balaban J connectivity index is 0.000000263. The summed E-state index contributed by atoms with van der Waals surface area (Å²) in [5.74, 6) is -1.24. The minimum absolute atomic E-state index is 0.274. The number of carbonyl (C=O) groups is 2.